The van der Waals surface area contributed by atoms with Crippen LogP contribution in [0.3, 0.4) is 0 Å². The van der Waals surface area contributed by atoms with Crippen LogP contribution in [0.25, 0.3) is 0 Å². The number of nitrogens with one attached hydrogen (secondary N) is 2. The Kier molecular flexibility index (Phi) is 10.5. The zero-order valence-electron chi connectivity index (χ0n) is 12.1. The predicted molar refractivity (Wildman–Crippen MR) is 91.2 cm³/mol. The third kappa shape index (κ3) is 7.04. The van der Waals surface area contributed by atoms with Crippen molar-refractivity contribution in [2.45, 2.75) is 13.8 Å². The molecule has 0 aromatic rings. The van der Waals surface area contributed by atoms with Gasteiger partial charge in [-0.05, 0) is 13.8 Å². The molecule has 20 heavy (non-hydrogen) atoms. The van der Waals surface area contributed by atoms with Gasteiger partial charge in [-0.15, -0.1) is 24.0 Å². The van der Waals surface area contributed by atoms with Gasteiger partial charge in [0.05, 0.1) is 25.5 Å². The summed E-state index contributed by atoms with van der Waals surface area (Å²) >= 11 is 0. The maximum Gasteiger partial charge on any atom is 0.216 e. The number of halogens is 1. The van der Waals surface area contributed by atoms with E-state index in [2.05, 4.69) is 15.6 Å². The second-order valence-electron chi connectivity index (χ2n) is 4.12. The lowest BCUT2D eigenvalue weighted by atomic mass is 10.5. The molecule has 0 radical (unpaired) electrons. The van der Waals surface area contributed by atoms with Crippen molar-refractivity contribution in [1.82, 2.24) is 14.9 Å². The van der Waals surface area contributed by atoms with Gasteiger partial charge in [-0.1, -0.05) is 0 Å². The number of morpholine rings is 1. The van der Waals surface area contributed by atoms with Crippen LogP contribution in [0, 0.1) is 0 Å². The van der Waals surface area contributed by atoms with Crippen molar-refractivity contribution in [3.05, 3.63) is 0 Å². The van der Waals surface area contributed by atoms with Gasteiger partial charge >= 0.3 is 0 Å². The van der Waals surface area contributed by atoms with Crippen LogP contribution < -0.4 is 10.6 Å². The summed E-state index contributed by atoms with van der Waals surface area (Å²) in [7, 11) is -3.22. The van der Waals surface area contributed by atoms with E-state index in [1.807, 2.05) is 13.8 Å². The first-order valence-electron chi connectivity index (χ1n) is 6.68. The van der Waals surface area contributed by atoms with Crippen molar-refractivity contribution in [1.29, 1.82) is 0 Å². The Morgan fingerprint density at radius 3 is 2.25 bits per heavy atom. The Morgan fingerprint density at radius 2 is 1.75 bits per heavy atom. The number of nitrogens with zero attached hydrogens (tertiary/aromatic N) is 2. The summed E-state index contributed by atoms with van der Waals surface area (Å²) in [6.07, 6.45) is 0. The molecule has 2 N–H and O–H groups in total. The van der Waals surface area contributed by atoms with Crippen LogP contribution in [0.1, 0.15) is 13.8 Å². The highest BCUT2D eigenvalue weighted by molar-refractivity contribution is 14.0. The SMILES string of the molecule is CCNC(=NCCS(=O)(=O)N1CCOCC1)NCC.I. The first-order chi connectivity index (χ1) is 9.10. The molecule has 9 heteroatoms. The highest BCUT2D eigenvalue weighted by Crippen LogP contribution is 2.05. The summed E-state index contributed by atoms with van der Waals surface area (Å²) < 4.78 is 30.7. The van der Waals surface area contributed by atoms with Crippen LogP contribution in [0.15, 0.2) is 4.99 Å². The number of rotatable bonds is 6. The van der Waals surface area contributed by atoms with E-state index >= 15 is 0 Å². The first kappa shape index (κ1) is 19.9. The zero-order valence-corrected chi connectivity index (χ0v) is 15.2. The van der Waals surface area contributed by atoms with Crippen LogP contribution in [-0.4, -0.2) is 70.4 Å². The van der Waals surface area contributed by atoms with Gasteiger partial charge in [0.25, 0.3) is 0 Å². The summed E-state index contributed by atoms with van der Waals surface area (Å²) in [6.45, 7) is 7.54. The maximum atomic E-state index is 12.0. The number of hydrogen-bond donors (Lipinski definition) is 2. The average Bonchev–Trinajstić information content (AvgIpc) is 2.40. The lowest BCUT2D eigenvalue weighted by Gasteiger charge is -2.25. The average molecular weight is 420 g/mol. The van der Waals surface area contributed by atoms with Crippen molar-refractivity contribution in [2.75, 3.05) is 51.7 Å². The Labute approximate surface area is 138 Å². The molecule has 0 spiro atoms. The fourth-order valence-electron chi connectivity index (χ4n) is 1.74. The van der Waals surface area contributed by atoms with Gasteiger partial charge < -0.3 is 15.4 Å². The van der Waals surface area contributed by atoms with E-state index in [4.69, 9.17) is 4.74 Å². The number of aliphatic imine (C=N–C) groups is 1. The molecule has 1 aliphatic rings. The van der Waals surface area contributed by atoms with E-state index in [1.165, 1.54) is 4.31 Å². The molecule has 0 aromatic heterocycles. The molecule has 1 fully saturated rings. The van der Waals surface area contributed by atoms with E-state index in [9.17, 15) is 8.42 Å². The second-order valence-corrected chi connectivity index (χ2v) is 6.21. The Morgan fingerprint density at radius 1 is 1.20 bits per heavy atom. The Hall–Kier alpha value is -0.130. The molecule has 1 rings (SSSR count). The van der Waals surface area contributed by atoms with Crippen LogP contribution in [-0.2, 0) is 14.8 Å². The van der Waals surface area contributed by atoms with E-state index in [0.717, 1.165) is 13.1 Å². The highest BCUT2D eigenvalue weighted by Gasteiger charge is 2.23. The molecule has 1 saturated heterocycles. The van der Waals surface area contributed by atoms with Gasteiger partial charge in [0.2, 0.25) is 10.0 Å². The van der Waals surface area contributed by atoms with E-state index in [-0.39, 0.29) is 36.3 Å². The van der Waals surface area contributed by atoms with Gasteiger partial charge in [0, 0.05) is 26.2 Å². The molecule has 7 nitrogen and oxygen atoms in total. The monoisotopic (exact) mass is 420 g/mol. The van der Waals surface area contributed by atoms with E-state index < -0.39 is 10.0 Å². The molecule has 0 amide bonds. The third-order valence-corrected chi connectivity index (χ3v) is 4.52. The molecule has 0 saturated carbocycles. The summed E-state index contributed by atoms with van der Waals surface area (Å²) in [5.41, 5.74) is 0. The molecular weight excluding hydrogens is 395 g/mol. The van der Waals surface area contributed by atoms with E-state index in [1.54, 1.807) is 0 Å². The fourth-order valence-corrected chi connectivity index (χ4v) is 3.02. The number of sulfonamides is 1. The molecule has 0 unspecified atom stereocenters. The Bertz CT molecular complexity index is 375. The topological polar surface area (TPSA) is 83.0 Å². The molecule has 1 aliphatic heterocycles. The summed E-state index contributed by atoms with van der Waals surface area (Å²) in [6, 6.07) is 0. The minimum atomic E-state index is -3.22. The van der Waals surface area contributed by atoms with Gasteiger partial charge in [-0.25, -0.2) is 8.42 Å². The molecular formula is C11H25IN4O3S. The molecule has 1 heterocycles. The second kappa shape index (κ2) is 10.6. The predicted octanol–water partition coefficient (Wildman–Crippen LogP) is -0.159. The van der Waals surface area contributed by atoms with Gasteiger partial charge in [0.15, 0.2) is 5.96 Å². The summed E-state index contributed by atoms with van der Waals surface area (Å²) in [4.78, 5) is 4.24. The minimum absolute atomic E-state index is 0. The molecule has 0 aromatic carbocycles. The van der Waals surface area contributed by atoms with Crippen LogP contribution in [0.5, 0.6) is 0 Å². The summed E-state index contributed by atoms with van der Waals surface area (Å²) in [5, 5.41) is 6.12. The van der Waals surface area contributed by atoms with Crippen molar-refractivity contribution < 1.29 is 13.2 Å². The van der Waals surface area contributed by atoms with Gasteiger partial charge in [-0.3, -0.25) is 4.99 Å². The van der Waals surface area contributed by atoms with Crippen LogP contribution in [0.4, 0.5) is 0 Å². The molecule has 120 valence electrons. The van der Waals surface area contributed by atoms with Crippen molar-refractivity contribution >= 4 is 40.0 Å². The van der Waals surface area contributed by atoms with Crippen molar-refractivity contribution in [3.8, 4) is 0 Å². The largest absolute Gasteiger partial charge is 0.379 e. The van der Waals surface area contributed by atoms with Crippen molar-refractivity contribution in [3.63, 3.8) is 0 Å². The van der Waals surface area contributed by atoms with Gasteiger partial charge in [0.1, 0.15) is 0 Å². The zero-order chi connectivity index (χ0) is 14.1. The van der Waals surface area contributed by atoms with E-state index in [0.29, 0.717) is 32.3 Å². The van der Waals surface area contributed by atoms with Gasteiger partial charge in [-0.2, -0.15) is 4.31 Å². The fraction of sp³-hybridized carbons (Fsp3) is 0.909. The number of hydrogen-bond acceptors (Lipinski definition) is 4. The molecule has 0 bridgehead atoms. The van der Waals surface area contributed by atoms with Crippen LogP contribution in [0.2, 0.25) is 0 Å². The summed E-state index contributed by atoms with van der Waals surface area (Å²) in [5.74, 6) is 0.690. The minimum Gasteiger partial charge on any atom is -0.379 e. The highest BCUT2D eigenvalue weighted by atomic mass is 127. The molecule has 0 atom stereocenters. The number of guanidine groups is 1. The Balaban J connectivity index is 0.00000361. The lowest BCUT2D eigenvalue weighted by Crippen LogP contribution is -2.42. The smallest absolute Gasteiger partial charge is 0.216 e. The maximum absolute atomic E-state index is 12.0. The normalized spacial score (nSPS) is 16.1. The van der Waals surface area contributed by atoms with Crippen LogP contribution >= 0.6 is 24.0 Å². The first-order valence-corrected chi connectivity index (χ1v) is 8.28. The standard InChI is InChI=1S/C11H24N4O3S.HI/c1-3-12-11(13-4-2)14-5-10-19(16,17)15-6-8-18-9-7-15;/h3-10H2,1-2H3,(H2,12,13,14);1H. The molecule has 0 aliphatic carbocycles. The van der Waals surface area contributed by atoms with Crippen molar-refractivity contribution in [2.24, 2.45) is 4.99 Å². The number of ether oxygens (including phenoxy) is 1. The quantitative estimate of drug-likeness (QED) is 0.355. The third-order valence-electron chi connectivity index (χ3n) is 2.67. The lowest BCUT2D eigenvalue weighted by molar-refractivity contribution is 0.0731.